The van der Waals surface area contributed by atoms with E-state index >= 15 is 0 Å². The summed E-state index contributed by atoms with van der Waals surface area (Å²) in [5, 5.41) is 0. The Kier molecular flexibility index (Phi) is 15.5. The SMILES string of the molecule is CCOc1ccc(Sc2ccc(OCC)cc2)cc1.O=C(Oc1ccccc1)C(F)(F)C(F)(F)C(F)(F)C(F)(F)C(F)(F)C(F)(F)C(F)(F)C(F)(F)C(F)(F)C(F)(F)C(F)(F)F. The fraction of sp³-hybridized carbons (Fsp3) is 0.441. The molecular weight excluding hydrogens is 941 g/mol. The Bertz CT molecular complexity index is 1890. The zero-order valence-corrected chi connectivity index (χ0v) is 31.0. The van der Waals surface area contributed by atoms with Gasteiger partial charge >= 0.3 is 71.4 Å². The van der Waals surface area contributed by atoms with Gasteiger partial charge in [-0.05, 0) is 74.5 Å². The van der Waals surface area contributed by atoms with E-state index in [0.29, 0.717) is 25.3 Å². The van der Waals surface area contributed by atoms with Crippen LogP contribution in [0, 0.1) is 0 Å². The number of halogens is 23. The van der Waals surface area contributed by atoms with E-state index in [2.05, 4.69) is 29.0 Å². The fourth-order valence-electron chi connectivity index (χ4n) is 4.22. The maximum Gasteiger partial charge on any atom is 0.460 e. The highest BCUT2D eigenvalue weighted by Gasteiger charge is 2.99. The summed E-state index contributed by atoms with van der Waals surface area (Å²) in [5.41, 5.74) is 0. The molecule has 28 heteroatoms. The molecule has 3 rings (SSSR count). The van der Waals surface area contributed by atoms with Crippen LogP contribution < -0.4 is 14.2 Å². The number of carbonyl (C=O) groups is 1. The van der Waals surface area contributed by atoms with Gasteiger partial charge in [0, 0.05) is 9.79 Å². The molecule has 3 aromatic rings. The van der Waals surface area contributed by atoms with Crippen LogP contribution in [0.3, 0.4) is 0 Å². The topological polar surface area (TPSA) is 44.8 Å². The van der Waals surface area contributed by atoms with Gasteiger partial charge in [-0.2, -0.15) is 101 Å². The van der Waals surface area contributed by atoms with E-state index in [4.69, 9.17) is 9.47 Å². The van der Waals surface area contributed by atoms with Gasteiger partial charge in [-0.3, -0.25) is 0 Å². The van der Waals surface area contributed by atoms with Gasteiger partial charge in [-0.25, -0.2) is 4.79 Å². The van der Waals surface area contributed by atoms with E-state index < -0.39 is 77.1 Å². The van der Waals surface area contributed by atoms with Gasteiger partial charge in [-0.1, -0.05) is 30.0 Å². The van der Waals surface area contributed by atoms with E-state index in [1.54, 1.807) is 11.8 Å². The highest BCUT2D eigenvalue weighted by molar-refractivity contribution is 7.99. The predicted molar refractivity (Wildman–Crippen MR) is 167 cm³/mol. The molecule has 3 aromatic carbocycles. The molecule has 0 heterocycles. The quantitative estimate of drug-likeness (QED) is 0.0766. The van der Waals surface area contributed by atoms with Crippen LogP contribution in [0.15, 0.2) is 88.7 Å². The van der Waals surface area contributed by atoms with E-state index in [1.807, 2.05) is 38.1 Å². The second-order valence-electron chi connectivity index (χ2n) is 11.9. The van der Waals surface area contributed by atoms with Crippen molar-refractivity contribution in [1.29, 1.82) is 0 Å². The van der Waals surface area contributed by atoms with E-state index in [1.165, 1.54) is 9.79 Å². The van der Waals surface area contributed by atoms with Crippen molar-refractivity contribution in [3.8, 4) is 17.2 Å². The largest absolute Gasteiger partial charge is 0.494 e. The number of benzene rings is 3. The Balaban J connectivity index is 0.000000573. The van der Waals surface area contributed by atoms with Crippen LogP contribution in [-0.2, 0) is 4.79 Å². The summed E-state index contributed by atoms with van der Waals surface area (Å²) >= 11 is 1.73. The Hall–Kier alpha value is -4.53. The first-order valence-electron chi connectivity index (χ1n) is 16.1. The van der Waals surface area contributed by atoms with Gasteiger partial charge in [0.15, 0.2) is 0 Å². The van der Waals surface area contributed by atoms with Gasteiger partial charge in [0.05, 0.1) is 13.2 Å². The van der Waals surface area contributed by atoms with Crippen LogP contribution in [0.5, 0.6) is 17.2 Å². The first-order valence-corrected chi connectivity index (χ1v) is 16.9. The maximum absolute atomic E-state index is 13.8. The van der Waals surface area contributed by atoms with Crippen molar-refractivity contribution >= 4 is 17.7 Å². The Morgan fingerprint density at radius 1 is 0.403 bits per heavy atom. The molecule has 350 valence electrons. The third-order valence-corrected chi connectivity index (χ3v) is 8.64. The number of ether oxygens (including phenoxy) is 3. The molecule has 62 heavy (non-hydrogen) atoms. The minimum absolute atomic E-state index is 0.383. The van der Waals surface area contributed by atoms with Crippen LogP contribution in [0.1, 0.15) is 13.8 Å². The summed E-state index contributed by atoms with van der Waals surface area (Å²) in [4.78, 5) is 13.6. The van der Waals surface area contributed by atoms with Gasteiger partial charge in [-0.15, -0.1) is 0 Å². The fourth-order valence-corrected chi connectivity index (χ4v) is 5.04. The zero-order chi connectivity index (χ0) is 48.4. The van der Waals surface area contributed by atoms with Crippen molar-refractivity contribution in [3.05, 3.63) is 78.9 Å². The van der Waals surface area contributed by atoms with Crippen molar-refractivity contribution in [2.75, 3.05) is 13.2 Å². The lowest BCUT2D eigenvalue weighted by molar-refractivity contribution is -0.477. The number of carbonyl (C=O) groups excluding carboxylic acids is 1. The highest BCUT2D eigenvalue weighted by Crippen LogP contribution is 2.67. The van der Waals surface area contributed by atoms with Crippen LogP contribution in [0.2, 0.25) is 0 Å². The van der Waals surface area contributed by atoms with Gasteiger partial charge in [0.2, 0.25) is 0 Å². The average molecular weight is 965 g/mol. The summed E-state index contributed by atoms with van der Waals surface area (Å²) in [6.45, 7) is 5.38. The molecule has 0 N–H and O–H groups in total. The van der Waals surface area contributed by atoms with Crippen molar-refractivity contribution in [3.63, 3.8) is 0 Å². The van der Waals surface area contributed by atoms with E-state index in [0.717, 1.165) is 29.7 Å². The number of esters is 1. The molecule has 0 amide bonds. The number of para-hydroxylation sites is 1. The van der Waals surface area contributed by atoms with Crippen molar-refractivity contribution in [1.82, 2.24) is 0 Å². The summed E-state index contributed by atoms with van der Waals surface area (Å²) in [7, 11) is 0. The minimum atomic E-state index is -9.50. The van der Waals surface area contributed by atoms with Crippen LogP contribution in [0.4, 0.5) is 101 Å². The molecule has 0 aliphatic rings. The average Bonchev–Trinajstić information content (AvgIpc) is 3.16. The Morgan fingerprint density at radius 2 is 0.694 bits per heavy atom. The molecule has 0 bridgehead atoms. The molecule has 0 radical (unpaired) electrons. The second kappa shape index (κ2) is 17.9. The van der Waals surface area contributed by atoms with Gasteiger partial charge < -0.3 is 14.2 Å². The number of hydrogen-bond acceptors (Lipinski definition) is 5. The van der Waals surface area contributed by atoms with Crippen LogP contribution >= 0.6 is 11.8 Å². The standard InChI is InChI=1S/C18H5F23O2.C16H18O2S/c19-8(20,7(42)43-6-4-2-1-3-5-6)9(21,22)10(23,24)11(25,26)12(27,28)13(29,30)14(31,32)15(33,34)16(35,36)17(37,38)18(39,40)41;1-3-17-13-5-9-15(10-6-13)19-16-11-7-14(8-12-16)18-4-2/h1-5H;5-12H,3-4H2,1-2H3. The molecule has 0 atom stereocenters. The third-order valence-electron chi connectivity index (χ3n) is 7.62. The molecule has 0 saturated heterocycles. The third kappa shape index (κ3) is 9.24. The number of hydrogen-bond donors (Lipinski definition) is 0. The van der Waals surface area contributed by atoms with Crippen molar-refractivity contribution < 1.29 is 120 Å². The second-order valence-corrected chi connectivity index (χ2v) is 13.0. The highest BCUT2D eigenvalue weighted by atomic mass is 32.2. The lowest BCUT2D eigenvalue weighted by atomic mass is 9.85. The van der Waals surface area contributed by atoms with E-state index in [-0.39, 0.29) is 0 Å². The normalized spacial score (nSPS) is 14.1. The minimum Gasteiger partial charge on any atom is -0.494 e. The first kappa shape index (κ1) is 53.6. The predicted octanol–water partition coefficient (Wildman–Crippen LogP) is 13.1. The lowest BCUT2D eigenvalue weighted by Gasteiger charge is -2.44. The summed E-state index contributed by atoms with van der Waals surface area (Å²) in [6, 6.07) is 19.5. The van der Waals surface area contributed by atoms with Crippen molar-refractivity contribution in [2.45, 2.75) is 89.0 Å². The molecule has 0 aliphatic heterocycles. The maximum atomic E-state index is 13.8. The van der Waals surface area contributed by atoms with Gasteiger partial charge in [0.25, 0.3) is 0 Å². The monoisotopic (exact) mass is 964 g/mol. The molecule has 0 spiro atoms. The van der Waals surface area contributed by atoms with Crippen LogP contribution in [-0.4, -0.2) is 84.6 Å². The Labute approximate surface area is 336 Å². The first-order chi connectivity index (χ1) is 27.8. The molecular formula is C34H23F23O4S. The van der Waals surface area contributed by atoms with E-state index in [9.17, 15) is 106 Å². The van der Waals surface area contributed by atoms with Crippen LogP contribution in [0.25, 0.3) is 0 Å². The summed E-state index contributed by atoms with van der Waals surface area (Å²) < 4.78 is 321. The number of rotatable bonds is 17. The Morgan fingerprint density at radius 3 is 0.984 bits per heavy atom. The smallest absolute Gasteiger partial charge is 0.460 e. The molecule has 0 aliphatic carbocycles. The van der Waals surface area contributed by atoms with Gasteiger partial charge in [0.1, 0.15) is 17.2 Å². The zero-order valence-electron chi connectivity index (χ0n) is 30.2. The molecule has 0 saturated carbocycles. The lowest BCUT2D eigenvalue weighted by Crippen LogP contribution is -2.78. The number of alkyl halides is 23. The van der Waals surface area contributed by atoms with Crippen molar-refractivity contribution in [2.24, 2.45) is 0 Å². The summed E-state index contributed by atoms with van der Waals surface area (Å²) in [5.74, 6) is -93.3. The molecule has 0 unspecified atom stereocenters. The molecule has 4 nitrogen and oxygen atoms in total. The summed E-state index contributed by atoms with van der Waals surface area (Å²) in [6.07, 6.45) is -8.13. The molecule has 0 fully saturated rings. The molecule has 0 aromatic heterocycles.